The Bertz CT molecular complexity index is 727. The highest BCUT2D eigenvalue weighted by molar-refractivity contribution is 5.52. The molecule has 0 amide bonds. The van der Waals surface area contributed by atoms with Crippen LogP contribution in [0.15, 0.2) is 36.7 Å². The number of nitrogens with zero attached hydrogens (tertiary/aromatic N) is 2. The minimum Gasteiger partial charge on any atom is -0.491 e. The molecule has 0 unspecified atom stereocenters. The Morgan fingerprint density at radius 2 is 1.96 bits per heavy atom. The molecule has 0 bridgehead atoms. The van der Waals surface area contributed by atoms with Gasteiger partial charge in [-0.15, -0.1) is 0 Å². The molecule has 0 fully saturated rings. The third kappa shape index (κ3) is 5.23. The van der Waals surface area contributed by atoms with E-state index in [0.29, 0.717) is 23.7 Å². The molecule has 0 radical (unpaired) electrons. The molecule has 0 aliphatic heterocycles. The normalized spacial score (nSPS) is 10.4. The lowest BCUT2D eigenvalue weighted by Crippen LogP contribution is -1.95. The summed E-state index contributed by atoms with van der Waals surface area (Å²) in [5, 5.41) is 0. The average Bonchev–Trinajstić information content (AvgIpc) is 2.56. The van der Waals surface area contributed by atoms with Gasteiger partial charge in [-0.3, -0.25) is 0 Å². The zero-order valence-electron chi connectivity index (χ0n) is 13.3. The summed E-state index contributed by atoms with van der Waals surface area (Å²) in [5.74, 6) is 6.10. The third-order valence-corrected chi connectivity index (χ3v) is 3.01. The van der Waals surface area contributed by atoms with Crippen LogP contribution in [0.5, 0.6) is 5.75 Å². The first-order chi connectivity index (χ1) is 11.2. The summed E-state index contributed by atoms with van der Waals surface area (Å²) in [6.45, 7) is 4.54. The number of aromatic nitrogens is 2. The number of benzene rings is 1. The van der Waals surface area contributed by atoms with Crippen LogP contribution >= 0.6 is 0 Å². The molecule has 1 aromatic carbocycles. The van der Waals surface area contributed by atoms with Gasteiger partial charge in [0, 0.05) is 0 Å². The summed E-state index contributed by atoms with van der Waals surface area (Å²) in [6.07, 6.45) is 9.12. The lowest BCUT2D eigenvalue weighted by Gasteiger charge is -2.00. The predicted octanol–water partition coefficient (Wildman–Crippen LogP) is 4.23. The van der Waals surface area contributed by atoms with Crippen molar-refractivity contribution < 1.29 is 9.13 Å². The lowest BCUT2D eigenvalue weighted by molar-refractivity contribution is 0.337. The molecule has 0 aliphatic carbocycles. The Morgan fingerprint density at radius 1 is 1.17 bits per heavy atom. The largest absolute Gasteiger partial charge is 0.491 e. The fraction of sp³-hybridized carbons (Fsp3) is 0.263. The highest BCUT2D eigenvalue weighted by Gasteiger charge is 2.00. The molecule has 0 N–H and O–H groups in total. The molecule has 4 heteroatoms. The Hall–Kier alpha value is -2.67. The van der Waals surface area contributed by atoms with Gasteiger partial charge in [0.15, 0.2) is 5.75 Å². The maximum Gasteiger partial charge on any atom is 0.205 e. The molecular weight excluding hydrogens is 291 g/mol. The molecule has 23 heavy (non-hydrogen) atoms. The van der Waals surface area contributed by atoms with Crippen LogP contribution in [0, 0.1) is 17.7 Å². The topological polar surface area (TPSA) is 35.0 Å². The Balaban J connectivity index is 2.11. The van der Waals surface area contributed by atoms with Crippen LogP contribution in [0.1, 0.15) is 43.6 Å². The number of halogens is 1. The van der Waals surface area contributed by atoms with Gasteiger partial charge in [0.25, 0.3) is 0 Å². The van der Waals surface area contributed by atoms with Crippen molar-refractivity contribution in [2.45, 2.75) is 26.7 Å². The average molecular weight is 310 g/mol. The van der Waals surface area contributed by atoms with Crippen molar-refractivity contribution >= 4 is 6.08 Å². The van der Waals surface area contributed by atoms with Crippen molar-refractivity contribution in [3.8, 4) is 17.6 Å². The van der Waals surface area contributed by atoms with Gasteiger partial charge in [0.05, 0.1) is 24.6 Å². The fourth-order valence-electron chi connectivity index (χ4n) is 1.87. The molecule has 1 heterocycles. The Kier molecular flexibility index (Phi) is 6.31. The van der Waals surface area contributed by atoms with E-state index < -0.39 is 0 Å². The molecule has 0 spiro atoms. The molecule has 0 aliphatic rings. The first-order valence-corrected chi connectivity index (χ1v) is 7.66. The second-order valence-electron chi connectivity index (χ2n) is 4.86. The molecule has 1 aromatic heterocycles. The highest BCUT2D eigenvalue weighted by atomic mass is 19.1. The van der Waals surface area contributed by atoms with Crippen molar-refractivity contribution in [1.82, 2.24) is 9.97 Å². The van der Waals surface area contributed by atoms with Crippen LogP contribution in [0.3, 0.4) is 0 Å². The molecule has 0 atom stereocenters. The second kappa shape index (κ2) is 8.70. The van der Waals surface area contributed by atoms with Crippen LogP contribution in [0.25, 0.3) is 6.08 Å². The summed E-state index contributed by atoms with van der Waals surface area (Å²) in [7, 11) is 0. The van der Waals surface area contributed by atoms with E-state index in [9.17, 15) is 4.39 Å². The molecule has 118 valence electrons. The quantitative estimate of drug-likeness (QED) is 0.775. The van der Waals surface area contributed by atoms with Crippen molar-refractivity contribution in [2.75, 3.05) is 6.61 Å². The van der Waals surface area contributed by atoms with Gasteiger partial charge >= 0.3 is 0 Å². The number of allylic oxidation sites excluding steroid dienone is 1. The van der Waals surface area contributed by atoms with Crippen LogP contribution < -0.4 is 4.74 Å². The van der Waals surface area contributed by atoms with Crippen molar-refractivity contribution in [1.29, 1.82) is 0 Å². The zero-order valence-corrected chi connectivity index (χ0v) is 13.3. The van der Waals surface area contributed by atoms with Crippen LogP contribution in [-0.4, -0.2) is 16.6 Å². The predicted molar refractivity (Wildman–Crippen MR) is 89.5 cm³/mol. The standard InChI is InChI=1S/C19H19FN2O/c1-3-5-6-7-15-8-9-16(18(20)12-15)10-11-19-21-13-17(14-22-19)23-4-2/h6-9,12-14H,3-5H2,1-2H3. The molecule has 3 nitrogen and oxygen atoms in total. The first kappa shape index (κ1) is 16.7. The van der Waals surface area contributed by atoms with Gasteiger partial charge < -0.3 is 4.74 Å². The third-order valence-electron chi connectivity index (χ3n) is 3.01. The number of ether oxygens (including phenoxy) is 1. The molecule has 2 aromatic rings. The minimum atomic E-state index is -0.345. The SMILES string of the molecule is CCCC=Cc1ccc(C#Cc2ncc(OCC)cn2)c(F)c1. The van der Waals surface area contributed by atoms with Crippen LogP contribution in [-0.2, 0) is 0 Å². The van der Waals surface area contributed by atoms with Crippen molar-refractivity contribution in [3.63, 3.8) is 0 Å². The van der Waals surface area contributed by atoms with Gasteiger partial charge in [0.1, 0.15) is 5.82 Å². The zero-order chi connectivity index (χ0) is 16.5. The van der Waals surface area contributed by atoms with E-state index in [1.165, 1.54) is 6.07 Å². The Labute approximate surface area is 136 Å². The molecule has 0 saturated heterocycles. The maximum absolute atomic E-state index is 14.0. The minimum absolute atomic E-state index is 0.329. The van der Waals surface area contributed by atoms with E-state index in [1.807, 2.05) is 25.1 Å². The van der Waals surface area contributed by atoms with E-state index in [0.717, 1.165) is 18.4 Å². The fourth-order valence-corrected chi connectivity index (χ4v) is 1.87. The lowest BCUT2D eigenvalue weighted by atomic mass is 10.1. The number of rotatable bonds is 5. The molecule has 0 saturated carbocycles. The maximum atomic E-state index is 14.0. The smallest absolute Gasteiger partial charge is 0.205 e. The van der Waals surface area contributed by atoms with E-state index in [-0.39, 0.29) is 5.82 Å². The summed E-state index contributed by atoms with van der Waals surface area (Å²) in [6, 6.07) is 5.00. The van der Waals surface area contributed by atoms with Crippen molar-refractivity contribution in [2.24, 2.45) is 0 Å². The summed E-state index contributed by atoms with van der Waals surface area (Å²) >= 11 is 0. The number of hydrogen-bond donors (Lipinski definition) is 0. The second-order valence-corrected chi connectivity index (χ2v) is 4.86. The van der Waals surface area contributed by atoms with Crippen molar-refractivity contribution in [3.05, 3.63) is 59.4 Å². The van der Waals surface area contributed by atoms with Crippen LogP contribution in [0.2, 0.25) is 0 Å². The summed E-state index contributed by atoms with van der Waals surface area (Å²) in [5.41, 5.74) is 1.16. The van der Waals surface area contributed by atoms with Gasteiger partial charge in [-0.2, -0.15) is 0 Å². The number of unbranched alkanes of at least 4 members (excludes halogenated alkanes) is 1. The summed E-state index contributed by atoms with van der Waals surface area (Å²) in [4.78, 5) is 8.13. The molecule has 2 rings (SSSR count). The van der Waals surface area contributed by atoms with E-state index in [1.54, 1.807) is 18.5 Å². The molecular formula is C19H19FN2O. The van der Waals surface area contributed by atoms with Crippen LogP contribution in [0.4, 0.5) is 4.39 Å². The van der Waals surface area contributed by atoms with Gasteiger partial charge in [-0.1, -0.05) is 37.5 Å². The Morgan fingerprint density at radius 3 is 2.61 bits per heavy atom. The van der Waals surface area contributed by atoms with E-state index in [4.69, 9.17) is 4.74 Å². The van der Waals surface area contributed by atoms with E-state index >= 15 is 0 Å². The first-order valence-electron chi connectivity index (χ1n) is 7.66. The monoisotopic (exact) mass is 310 g/mol. The summed E-state index contributed by atoms with van der Waals surface area (Å²) < 4.78 is 19.3. The van der Waals surface area contributed by atoms with Gasteiger partial charge in [0.2, 0.25) is 5.82 Å². The van der Waals surface area contributed by atoms with Gasteiger partial charge in [-0.05, 0) is 37.0 Å². The van der Waals surface area contributed by atoms with Gasteiger partial charge in [-0.25, -0.2) is 14.4 Å². The highest BCUT2D eigenvalue weighted by Crippen LogP contribution is 2.12. The number of hydrogen-bond acceptors (Lipinski definition) is 3. The van der Waals surface area contributed by atoms with E-state index in [2.05, 4.69) is 28.7 Å².